The molecule has 2 aliphatic heterocycles. The third-order valence-corrected chi connectivity index (χ3v) is 13.9. The molecule has 0 N–H and O–H groups in total. The Morgan fingerprint density at radius 3 is 2.18 bits per heavy atom. The van der Waals surface area contributed by atoms with Gasteiger partial charge in [-0.15, -0.1) is 0 Å². The fourth-order valence-electron chi connectivity index (χ4n) is 10.6. The zero-order valence-electron chi connectivity index (χ0n) is 34.3. The van der Waals surface area contributed by atoms with Crippen LogP contribution in [0.3, 0.4) is 0 Å². The SMILES string of the molecule is CC(C)(C)C1=CC(N2C3=C4B(c5ccccc5N(C5=CCCCC5)C4=CC(C(C)(c4ccccc4)C4C=CC=CC4)C3)c3ccc(C(C)(C)C)cc32)=CCC1. The average Bonchev–Trinajstić information content (AvgIpc) is 3.20. The molecule has 4 aliphatic carbocycles. The Labute approximate surface area is 331 Å². The van der Waals surface area contributed by atoms with Crippen molar-refractivity contribution in [2.75, 3.05) is 9.80 Å². The number of benzene rings is 3. The maximum absolute atomic E-state index is 2.77. The number of nitrogens with zero attached hydrogens (tertiary/aromatic N) is 2. The van der Waals surface area contributed by atoms with Gasteiger partial charge >= 0.3 is 0 Å². The molecule has 280 valence electrons. The van der Waals surface area contributed by atoms with Crippen molar-refractivity contribution in [3.63, 3.8) is 0 Å². The largest absolute Gasteiger partial charge is 0.316 e. The van der Waals surface area contributed by atoms with Crippen molar-refractivity contribution >= 4 is 29.0 Å². The van der Waals surface area contributed by atoms with Crippen LogP contribution in [-0.4, -0.2) is 6.71 Å². The zero-order chi connectivity index (χ0) is 38.1. The molecule has 0 saturated carbocycles. The monoisotopic (exact) mass is 722 g/mol. The highest BCUT2D eigenvalue weighted by atomic mass is 15.2. The van der Waals surface area contributed by atoms with Gasteiger partial charge in [0.2, 0.25) is 0 Å². The number of hydrogen-bond acceptors (Lipinski definition) is 2. The normalized spacial score (nSPS) is 23.2. The molecule has 2 heterocycles. The lowest BCUT2D eigenvalue weighted by Crippen LogP contribution is -2.59. The first kappa shape index (κ1) is 36.2. The molecule has 0 saturated heterocycles. The maximum atomic E-state index is 2.77. The van der Waals surface area contributed by atoms with Crippen molar-refractivity contribution in [2.45, 2.75) is 111 Å². The molecule has 0 amide bonds. The van der Waals surface area contributed by atoms with E-state index in [9.17, 15) is 0 Å². The van der Waals surface area contributed by atoms with E-state index in [0.29, 0.717) is 5.92 Å². The van der Waals surface area contributed by atoms with Crippen LogP contribution in [0.25, 0.3) is 0 Å². The van der Waals surface area contributed by atoms with Gasteiger partial charge in [0.15, 0.2) is 0 Å². The first-order valence-corrected chi connectivity index (χ1v) is 21.2. The molecule has 0 spiro atoms. The first-order chi connectivity index (χ1) is 26.4. The van der Waals surface area contributed by atoms with Crippen LogP contribution in [0, 0.1) is 17.3 Å². The van der Waals surface area contributed by atoms with Crippen LogP contribution in [0.5, 0.6) is 0 Å². The molecule has 0 radical (unpaired) electrons. The Morgan fingerprint density at radius 1 is 0.673 bits per heavy atom. The summed E-state index contributed by atoms with van der Waals surface area (Å²) in [4.78, 5) is 5.50. The Balaban J connectivity index is 1.36. The lowest BCUT2D eigenvalue weighted by atomic mass is 9.31. The third-order valence-electron chi connectivity index (χ3n) is 13.9. The summed E-state index contributed by atoms with van der Waals surface area (Å²) in [5.74, 6) is 0.656. The Bertz CT molecular complexity index is 2230. The number of anilines is 2. The Hall–Kier alpha value is -4.50. The molecule has 2 nitrogen and oxygen atoms in total. The van der Waals surface area contributed by atoms with Crippen LogP contribution in [-0.2, 0) is 10.8 Å². The molecule has 3 atom stereocenters. The molecule has 0 bridgehead atoms. The topological polar surface area (TPSA) is 6.48 Å². The molecule has 6 aliphatic rings. The van der Waals surface area contributed by atoms with E-state index >= 15 is 0 Å². The molecule has 3 aromatic carbocycles. The fraction of sp³-hybridized carbons (Fsp3) is 0.385. The molecular formula is C52H59BN2. The lowest BCUT2D eigenvalue weighted by molar-refractivity contribution is 0.255. The van der Waals surface area contributed by atoms with Crippen LogP contribution in [0.15, 0.2) is 155 Å². The molecule has 3 aromatic rings. The second kappa shape index (κ2) is 13.6. The lowest BCUT2D eigenvalue weighted by Gasteiger charge is -2.52. The minimum Gasteiger partial charge on any atom is -0.316 e. The summed E-state index contributed by atoms with van der Waals surface area (Å²) < 4.78 is 0. The summed E-state index contributed by atoms with van der Waals surface area (Å²) in [5.41, 5.74) is 17.3. The number of fused-ring (bicyclic) bond motifs is 4. The van der Waals surface area contributed by atoms with Gasteiger partial charge in [-0.3, -0.25) is 0 Å². The van der Waals surface area contributed by atoms with Gasteiger partial charge in [-0.1, -0.05) is 157 Å². The molecule has 3 unspecified atom stereocenters. The highest BCUT2D eigenvalue weighted by Gasteiger charge is 2.51. The van der Waals surface area contributed by atoms with Crippen molar-refractivity contribution < 1.29 is 0 Å². The fourth-order valence-corrected chi connectivity index (χ4v) is 10.6. The molecule has 9 rings (SSSR count). The minimum absolute atomic E-state index is 0.0321. The van der Waals surface area contributed by atoms with Crippen LogP contribution in [0.1, 0.15) is 111 Å². The van der Waals surface area contributed by atoms with E-state index in [1.165, 1.54) is 74.5 Å². The molecule has 3 heteroatoms. The minimum atomic E-state index is -0.125. The third kappa shape index (κ3) is 6.08. The van der Waals surface area contributed by atoms with Gasteiger partial charge in [0.05, 0.1) is 0 Å². The van der Waals surface area contributed by atoms with Gasteiger partial charge in [0.25, 0.3) is 6.71 Å². The quantitative estimate of drug-likeness (QED) is 0.242. The van der Waals surface area contributed by atoms with Crippen molar-refractivity contribution in [1.82, 2.24) is 0 Å². The summed E-state index contributed by atoms with van der Waals surface area (Å²) in [6.45, 7) is 17.0. The Morgan fingerprint density at radius 2 is 1.45 bits per heavy atom. The number of allylic oxidation sites excluding steroid dienone is 12. The predicted molar refractivity (Wildman–Crippen MR) is 236 cm³/mol. The smallest absolute Gasteiger partial charge is 0.251 e. The van der Waals surface area contributed by atoms with Gasteiger partial charge in [-0.25, -0.2) is 0 Å². The van der Waals surface area contributed by atoms with Gasteiger partial charge in [-0.05, 0) is 120 Å². The van der Waals surface area contributed by atoms with E-state index in [1.807, 2.05) is 0 Å². The highest BCUT2D eigenvalue weighted by Crippen LogP contribution is 2.54. The van der Waals surface area contributed by atoms with Gasteiger partial charge in [-0.2, -0.15) is 0 Å². The van der Waals surface area contributed by atoms with Gasteiger partial charge in [0, 0.05) is 39.6 Å². The maximum Gasteiger partial charge on any atom is 0.251 e. The van der Waals surface area contributed by atoms with Crippen LogP contribution in [0.4, 0.5) is 11.4 Å². The predicted octanol–water partition coefficient (Wildman–Crippen LogP) is 12.1. The van der Waals surface area contributed by atoms with Gasteiger partial charge in [0.1, 0.15) is 0 Å². The average molecular weight is 723 g/mol. The standard InChI is InChI=1S/C52H59BN2/c1-50(2,3)38-24-19-27-42(32-38)55-46-33-39(51(4,5)6)30-31-44(46)53-43-28-17-18-29-45(43)54(41-25-15-10-16-26-41)47-34-40(35-48(55)49(47)53)52(7,36-20-11-8-12-21-36)37-22-13-9-14-23-37/h8-9,11-14,17-18,20-22,25,27-34,37,40H,10,15-16,19,23-24,26,35H2,1-7H3. The van der Waals surface area contributed by atoms with Crippen LogP contribution in [0.2, 0.25) is 0 Å². The number of hydrogen-bond donors (Lipinski definition) is 0. The van der Waals surface area contributed by atoms with Crippen molar-refractivity contribution in [3.8, 4) is 0 Å². The summed E-state index contributed by atoms with van der Waals surface area (Å²) in [5, 5.41) is 0. The molecule has 0 aromatic heterocycles. The van der Waals surface area contributed by atoms with E-state index in [4.69, 9.17) is 0 Å². The summed E-state index contributed by atoms with van der Waals surface area (Å²) in [6, 6.07) is 28.4. The van der Waals surface area contributed by atoms with Crippen LogP contribution < -0.4 is 20.7 Å². The van der Waals surface area contributed by atoms with E-state index in [1.54, 1.807) is 5.57 Å². The van der Waals surface area contributed by atoms with E-state index in [0.717, 1.165) is 38.5 Å². The number of rotatable bonds is 5. The Kier molecular flexibility index (Phi) is 8.95. The molecule has 0 fully saturated rings. The zero-order valence-corrected chi connectivity index (χ0v) is 34.3. The van der Waals surface area contributed by atoms with Crippen molar-refractivity contribution in [1.29, 1.82) is 0 Å². The van der Waals surface area contributed by atoms with E-state index < -0.39 is 0 Å². The van der Waals surface area contributed by atoms with Crippen molar-refractivity contribution in [3.05, 3.63) is 166 Å². The summed E-state index contributed by atoms with van der Waals surface area (Å²) >= 11 is 0. The molecular weight excluding hydrogens is 663 g/mol. The highest BCUT2D eigenvalue weighted by molar-refractivity contribution is 6.94. The summed E-state index contributed by atoms with van der Waals surface area (Å²) in [6.07, 6.45) is 28.9. The number of para-hydroxylation sites is 1. The van der Waals surface area contributed by atoms with E-state index in [2.05, 4.69) is 180 Å². The second-order valence-corrected chi connectivity index (χ2v) is 19.2. The molecule has 55 heavy (non-hydrogen) atoms. The van der Waals surface area contributed by atoms with Gasteiger partial charge < -0.3 is 9.80 Å². The first-order valence-electron chi connectivity index (χ1n) is 21.2. The second-order valence-electron chi connectivity index (χ2n) is 19.2. The van der Waals surface area contributed by atoms with Crippen molar-refractivity contribution in [2.24, 2.45) is 17.3 Å². The van der Waals surface area contributed by atoms with Crippen LogP contribution >= 0.6 is 0 Å². The summed E-state index contributed by atoms with van der Waals surface area (Å²) in [7, 11) is 0. The van der Waals surface area contributed by atoms with E-state index in [-0.39, 0.29) is 28.9 Å².